The van der Waals surface area contributed by atoms with Gasteiger partial charge < -0.3 is 9.84 Å². The van der Waals surface area contributed by atoms with Crippen molar-refractivity contribution in [3.63, 3.8) is 0 Å². The SMILES string of the molecule is O=C(O)/C=C\C(=O)OC1CCCC2CCCCC21. The van der Waals surface area contributed by atoms with E-state index >= 15 is 0 Å². The first-order valence-electron chi connectivity index (χ1n) is 6.78. The van der Waals surface area contributed by atoms with Crippen molar-refractivity contribution in [2.24, 2.45) is 11.8 Å². The van der Waals surface area contributed by atoms with E-state index in [2.05, 4.69) is 0 Å². The van der Waals surface area contributed by atoms with E-state index in [1.54, 1.807) is 0 Å². The molecule has 100 valence electrons. The summed E-state index contributed by atoms with van der Waals surface area (Å²) in [6, 6.07) is 0. The molecule has 18 heavy (non-hydrogen) atoms. The van der Waals surface area contributed by atoms with E-state index in [1.807, 2.05) is 0 Å². The molecule has 2 aliphatic carbocycles. The zero-order chi connectivity index (χ0) is 13.0. The lowest BCUT2D eigenvalue weighted by Gasteiger charge is -2.40. The van der Waals surface area contributed by atoms with E-state index in [4.69, 9.17) is 9.84 Å². The smallest absolute Gasteiger partial charge is 0.331 e. The number of aliphatic carboxylic acids is 1. The fourth-order valence-corrected chi connectivity index (χ4v) is 3.35. The van der Waals surface area contributed by atoms with E-state index in [1.165, 1.54) is 25.7 Å². The molecule has 3 unspecified atom stereocenters. The second-order valence-corrected chi connectivity index (χ2v) is 5.29. The highest BCUT2D eigenvalue weighted by Crippen LogP contribution is 2.41. The van der Waals surface area contributed by atoms with Gasteiger partial charge in [-0.3, -0.25) is 0 Å². The Balaban J connectivity index is 1.91. The van der Waals surface area contributed by atoms with Gasteiger partial charge in [0.15, 0.2) is 0 Å². The van der Waals surface area contributed by atoms with Gasteiger partial charge in [-0.15, -0.1) is 0 Å². The number of hydrogen-bond acceptors (Lipinski definition) is 3. The van der Waals surface area contributed by atoms with Gasteiger partial charge in [0, 0.05) is 12.2 Å². The molecule has 0 aromatic rings. The predicted octanol–water partition coefficient (Wildman–Crippen LogP) is 2.53. The van der Waals surface area contributed by atoms with Crippen molar-refractivity contribution in [2.75, 3.05) is 0 Å². The van der Waals surface area contributed by atoms with Crippen LogP contribution in [0.1, 0.15) is 44.9 Å². The van der Waals surface area contributed by atoms with Gasteiger partial charge in [0.1, 0.15) is 6.10 Å². The van der Waals surface area contributed by atoms with Gasteiger partial charge in [-0.1, -0.05) is 19.3 Å². The molecule has 0 aromatic heterocycles. The Kier molecular flexibility index (Phi) is 4.39. The summed E-state index contributed by atoms with van der Waals surface area (Å²) in [6.45, 7) is 0. The van der Waals surface area contributed by atoms with E-state index in [9.17, 15) is 9.59 Å². The van der Waals surface area contributed by atoms with Gasteiger partial charge in [0.05, 0.1) is 0 Å². The van der Waals surface area contributed by atoms with Crippen LogP contribution in [0.4, 0.5) is 0 Å². The lowest BCUT2D eigenvalue weighted by atomic mass is 9.69. The minimum Gasteiger partial charge on any atom is -0.478 e. The summed E-state index contributed by atoms with van der Waals surface area (Å²) in [7, 11) is 0. The second-order valence-electron chi connectivity index (χ2n) is 5.29. The summed E-state index contributed by atoms with van der Waals surface area (Å²) in [6.07, 6.45) is 10.0. The maximum Gasteiger partial charge on any atom is 0.331 e. The van der Waals surface area contributed by atoms with Crippen molar-refractivity contribution in [3.8, 4) is 0 Å². The van der Waals surface area contributed by atoms with E-state index in [0.29, 0.717) is 11.8 Å². The number of esters is 1. The fourth-order valence-electron chi connectivity index (χ4n) is 3.35. The summed E-state index contributed by atoms with van der Waals surface area (Å²) < 4.78 is 5.42. The predicted molar refractivity (Wildman–Crippen MR) is 66.0 cm³/mol. The molecule has 0 aliphatic heterocycles. The Morgan fingerprint density at radius 2 is 1.72 bits per heavy atom. The molecule has 2 saturated carbocycles. The number of hydrogen-bond donors (Lipinski definition) is 1. The second kappa shape index (κ2) is 6.03. The molecule has 0 heterocycles. The Morgan fingerprint density at radius 1 is 1.00 bits per heavy atom. The maximum absolute atomic E-state index is 11.5. The molecule has 2 rings (SSSR count). The molecule has 0 radical (unpaired) electrons. The number of ether oxygens (including phenoxy) is 1. The first-order chi connectivity index (χ1) is 8.66. The minimum absolute atomic E-state index is 0.00463. The van der Waals surface area contributed by atoms with Gasteiger partial charge >= 0.3 is 11.9 Å². The van der Waals surface area contributed by atoms with Crippen molar-refractivity contribution in [1.82, 2.24) is 0 Å². The van der Waals surface area contributed by atoms with Crippen molar-refractivity contribution in [3.05, 3.63) is 12.2 Å². The number of carboxylic acids is 1. The first kappa shape index (κ1) is 13.1. The van der Waals surface area contributed by atoms with Crippen LogP contribution >= 0.6 is 0 Å². The van der Waals surface area contributed by atoms with Crippen molar-refractivity contribution < 1.29 is 19.4 Å². The van der Waals surface area contributed by atoms with Gasteiger partial charge in [0.2, 0.25) is 0 Å². The first-order valence-corrected chi connectivity index (χ1v) is 6.78. The number of fused-ring (bicyclic) bond motifs is 1. The zero-order valence-electron chi connectivity index (χ0n) is 10.5. The quantitative estimate of drug-likeness (QED) is 0.619. The molecular weight excluding hydrogens is 232 g/mol. The third-order valence-electron chi connectivity index (χ3n) is 4.14. The van der Waals surface area contributed by atoms with Gasteiger partial charge in [-0.2, -0.15) is 0 Å². The van der Waals surface area contributed by atoms with Gasteiger partial charge in [0.25, 0.3) is 0 Å². The third kappa shape index (κ3) is 3.34. The van der Waals surface area contributed by atoms with Crippen LogP contribution in [0.3, 0.4) is 0 Å². The van der Waals surface area contributed by atoms with Crippen molar-refractivity contribution in [1.29, 1.82) is 0 Å². The topological polar surface area (TPSA) is 63.6 Å². The minimum atomic E-state index is -1.12. The standard InChI is InChI=1S/C14H20O4/c15-13(16)8-9-14(17)18-12-7-3-5-10-4-1-2-6-11(10)12/h8-12H,1-7H2,(H,15,16)/b9-8-. The molecule has 0 amide bonds. The molecule has 1 N–H and O–H groups in total. The van der Waals surface area contributed by atoms with Crippen molar-refractivity contribution >= 4 is 11.9 Å². The maximum atomic E-state index is 11.5. The Bertz CT molecular complexity index is 346. The van der Waals surface area contributed by atoms with Gasteiger partial charge in [-0.05, 0) is 37.5 Å². The highest BCUT2D eigenvalue weighted by Gasteiger charge is 2.36. The molecule has 3 atom stereocenters. The summed E-state index contributed by atoms with van der Waals surface area (Å²) in [5, 5.41) is 8.46. The number of rotatable bonds is 3. The van der Waals surface area contributed by atoms with Gasteiger partial charge in [-0.25, -0.2) is 9.59 Å². The average Bonchev–Trinajstić information content (AvgIpc) is 2.37. The molecular formula is C14H20O4. The van der Waals surface area contributed by atoms with E-state index in [0.717, 1.165) is 31.4 Å². The normalized spacial score (nSPS) is 31.9. The van der Waals surface area contributed by atoms with Crippen LogP contribution in [0, 0.1) is 11.8 Å². The third-order valence-corrected chi connectivity index (χ3v) is 4.14. The molecule has 4 nitrogen and oxygen atoms in total. The molecule has 0 saturated heterocycles. The zero-order valence-corrected chi connectivity index (χ0v) is 10.5. The average molecular weight is 252 g/mol. The Hall–Kier alpha value is -1.32. The molecule has 2 aliphatic rings. The highest BCUT2D eigenvalue weighted by molar-refractivity contribution is 5.90. The lowest BCUT2D eigenvalue weighted by Crippen LogP contribution is -2.37. The van der Waals surface area contributed by atoms with Crippen LogP contribution in [0.5, 0.6) is 0 Å². The summed E-state index contributed by atoms with van der Waals surface area (Å²) in [4.78, 5) is 21.8. The van der Waals surface area contributed by atoms with Crippen LogP contribution in [-0.4, -0.2) is 23.1 Å². The number of carbonyl (C=O) groups is 2. The lowest BCUT2D eigenvalue weighted by molar-refractivity contribution is -0.150. The molecule has 0 aromatic carbocycles. The molecule has 0 bridgehead atoms. The monoisotopic (exact) mass is 252 g/mol. The Labute approximate surface area is 107 Å². The summed E-state index contributed by atoms with van der Waals surface area (Å²) in [5.41, 5.74) is 0. The van der Waals surface area contributed by atoms with Crippen molar-refractivity contribution in [2.45, 2.75) is 51.0 Å². The number of carboxylic acid groups (broad SMARTS) is 1. The summed E-state index contributed by atoms with van der Waals surface area (Å²) in [5.74, 6) is -0.441. The molecule has 2 fully saturated rings. The largest absolute Gasteiger partial charge is 0.478 e. The van der Waals surface area contributed by atoms with Crippen LogP contribution in [-0.2, 0) is 14.3 Å². The fraction of sp³-hybridized carbons (Fsp3) is 0.714. The molecule has 4 heteroatoms. The van der Waals surface area contributed by atoms with Crippen LogP contribution in [0.15, 0.2) is 12.2 Å². The van der Waals surface area contributed by atoms with Crippen LogP contribution in [0.25, 0.3) is 0 Å². The number of carbonyl (C=O) groups excluding carboxylic acids is 1. The molecule has 0 spiro atoms. The highest BCUT2D eigenvalue weighted by atomic mass is 16.5. The van der Waals surface area contributed by atoms with E-state index in [-0.39, 0.29) is 6.10 Å². The van der Waals surface area contributed by atoms with E-state index < -0.39 is 11.9 Å². The van der Waals surface area contributed by atoms with Crippen LogP contribution in [0.2, 0.25) is 0 Å². The van der Waals surface area contributed by atoms with Crippen LogP contribution < -0.4 is 0 Å². The summed E-state index contributed by atoms with van der Waals surface area (Å²) >= 11 is 0. The Morgan fingerprint density at radius 3 is 2.50 bits per heavy atom.